The molecule has 1 aliphatic carbocycles. The van der Waals surface area contributed by atoms with Crippen molar-refractivity contribution in [1.29, 1.82) is 0 Å². The highest BCUT2D eigenvalue weighted by molar-refractivity contribution is 5.82. The van der Waals surface area contributed by atoms with E-state index in [1.807, 2.05) is 6.07 Å². The minimum Gasteiger partial charge on any atom is -0.350 e. The van der Waals surface area contributed by atoms with Gasteiger partial charge in [-0.05, 0) is 63.9 Å². The van der Waals surface area contributed by atoms with Crippen molar-refractivity contribution in [2.45, 2.75) is 83.3 Å². The predicted molar refractivity (Wildman–Crippen MR) is 116 cm³/mol. The number of nitrogens with zero attached hydrogens (tertiary/aromatic N) is 1. The fraction of sp³-hybridized carbons (Fsp3) is 0.708. The Hall–Kier alpha value is -1.39. The molecule has 1 aliphatic heterocycles. The van der Waals surface area contributed by atoms with E-state index in [2.05, 4.69) is 55.3 Å². The monoisotopic (exact) mass is 385 g/mol. The summed E-state index contributed by atoms with van der Waals surface area (Å²) in [7, 11) is 0. The van der Waals surface area contributed by atoms with Crippen molar-refractivity contribution >= 4 is 5.91 Å². The summed E-state index contributed by atoms with van der Waals surface area (Å²) in [5.74, 6) is 1.68. The van der Waals surface area contributed by atoms with Crippen LogP contribution in [0.4, 0.5) is 0 Å². The number of carbonyl (C=O) groups is 1. The molecule has 2 fully saturated rings. The first kappa shape index (κ1) is 21.3. The largest absolute Gasteiger partial charge is 0.350 e. The van der Waals surface area contributed by atoms with Gasteiger partial charge in [-0.15, -0.1) is 0 Å². The van der Waals surface area contributed by atoms with E-state index < -0.39 is 0 Å². The van der Waals surface area contributed by atoms with Crippen molar-refractivity contribution in [2.75, 3.05) is 13.1 Å². The first-order valence-electron chi connectivity index (χ1n) is 11.2. The van der Waals surface area contributed by atoms with Gasteiger partial charge in [0.2, 0.25) is 5.91 Å². The van der Waals surface area contributed by atoms with Crippen LogP contribution >= 0.6 is 0 Å². The SMILES string of the molecule is CC(C)(C)NC(=O)C1C[C@@H]2CCCC[C@@H]2CN1CC[C@@H](N)Cc1ccccc1. The van der Waals surface area contributed by atoms with E-state index in [-0.39, 0.29) is 23.5 Å². The van der Waals surface area contributed by atoms with E-state index in [9.17, 15) is 4.79 Å². The maximum Gasteiger partial charge on any atom is 0.237 e. The lowest BCUT2D eigenvalue weighted by Crippen LogP contribution is -2.57. The third kappa shape index (κ3) is 6.05. The Morgan fingerprint density at radius 3 is 2.54 bits per heavy atom. The van der Waals surface area contributed by atoms with E-state index in [1.165, 1.54) is 31.2 Å². The highest BCUT2D eigenvalue weighted by Crippen LogP contribution is 2.38. The summed E-state index contributed by atoms with van der Waals surface area (Å²) >= 11 is 0. The highest BCUT2D eigenvalue weighted by atomic mass is 16.2. The van der Waals surface area contributed by atoms with E-state index in [0.717, 1.165) is 44.2 Å². The summed E-state index contributed by atoms with van der Waals surface area (Å²) in [6, 6.07) is 10.6. The quantitative estimate of drug-likeness (QED) is 0.784. The Morgan fingerprint density at radius 2 is 1.86 bits per heavy atom. The van der Waals surface area contributed by atoms with Gasteiger partial charge in [-0.1, -0.05) is 49.6 Å². The summed E-state index contributed by atoms with van der Waals surface area (Å²) in [5.41, 5.74) is 7.56. The lowest BCUT2D eigenvalue weighted by molar-refractivity contribution is -0.131. The molecule has 1 saturated heterocycles. The van der Waals surface area contributed by atoms with E-state index >= 15 is 0 Å². The molecular formula is C24H39N3O. The Labute approximate surface area is 171 Å². The van der Waals surface area contributed by atoms with Gasteiger partial charge in [0.05, 0.1) is 6.04 Å². The summed E-state index contributed by atoms with van der Waals surface area (Å²) in [6.45, 7) is 8.18. The Balaban J connectivity index is 1.61. The van der Waals surface area contributed by atoms with Crippen LogP contribution in [0.25, 0.3) is 0 Å². The lowest BCUT2D eigenvalue weighted by Gasteiger charge is -2.46. The highest BCUT2D eigenvalue weighted by Gasteiger charge is 2.40. The van der Waals surface area contributed by atoms with Gasteiger partial charge in [0.25, 0.3) is 0 Å². The van der Waals surface area contributed by atoms with E-state index in [4.69, 9.17) is 5.73 Å². The van der Waals surface area contributed by atoms with Crippen LogP contribution in [0, 0.1) is 11.8 Å². The number of rotatable bonds is 6. The molecule has 1 heterocycles. The Kier molecular flexibility index (Phi) is 7.16. The first-order chi connectivity index (χ1) is 13.3. The summed E-state index contributed by atoms with van der Waals surface area (Å²) in [6.07, 6.45) is 8.15. The zero-order chi connectivity index (χ0) is 20.1. The fourth-order valence-corrected chi connectivity index (χ4v) is 5.02. The van der Waals surface area contributed by atoms with Gasteiger partial charge in [0.15, 0.2) is 0 Å². The summed E-state index contributed by atoms with van der Waals surface area (Å²) < 4.78 is 0. The van der Waals surface area contributed by atoms with Crippen LogP contribution in [0.1, 0.15) is 64.9 Å². The fourth-order valence-electron chi connectivity index (χ4n) is 5.02. The molecule has 0 radical (unpaired) electrons. The Morgan fingerprint density at radius 1 is 1.18 bits per heavy atom. The number of amides is 1. The molecular weight excluding hydrogens is 346 g/mol. The second kappa shape index (κ2) is 9.41. The smallest absolute Gasteiger partial charge is 0.237 e. The van der Waals surface area contributed by atoms with E-state index in [0.29, 0.717) is 0 Å². The normalized spacial score (nSPS) is 27.1. The molecule has 3 N–H and O–H groups in total. The van der Waals surface area contributed by atoms with Gasteiger partial charge in [0, 0.05) is 24.7 Å². The van der Waals surface area contributed by atoms with Gasteiger partial charge in [-0.2, -0.15) is 0 Å². The third-order valence-corrected chi connectivity index (χ3v) is 6.43. The van der Waals surface area contributed by atoms with Crippen LogP contribution in [0.2, 0.25) is 0 Å². The van der Waals surface area contributed by atoms with Crippen LogP contribution in [-0.2, 0) is 11.2 Å². The van der Waals surface area contributed by atoms with Gasteiger partial charge in [-0.25, -0.2) is 0 Å². The minimum atomic E-state index is -0.185. The zero-order valence-electron chi connectivity index (χ0n) is 18.0. The first-order valence-corrected chi connectivity index (χ1v) is 11.2. The number of hydrogen-bond donors (Lipinski definition) is 2. The molecule has 3 rings (SSSR count). The zero-order valence-corrected chi connectivity index (χ0v) is 18.0. The molecule has 0 bridgehead atoms. The van der Waals surface area contributed by atoms with Crippen LogP contribution < -0.4 is 11.1 Å². The number of carbonyl (C=O) groups excluding carboxylic acids is 1. The van der Waals surface area contributed by atoms with Crippen LogP contribution in [0.15, 0.2) is 30.3 Å². The third-order valence-electron chi connectivity index (χ3n) is 6.43. The second-order valence-electron chi connectivity index (χ2n) is 10.0. The number of hydrogen-bond acceptors (Lipinski definition) is 3. The molecule has 4 nitrogen and oxygen atoms in total. The molecule has 1 aromatic carbocycles. The lowest BCUT2D eigenvalue weighted by atomic mass is 9.72. The molecule has 1 saturated carbocycles. The Bertz CT molecular complexity index is 624. The maximum absolute atomic E-state index is 13.1. The second-order valence-corrected chi connectivity index (χ2v) is 10.0. The van der Waals surface area contributed by atoms with Crippen molar-refractivity contribution in [2.24, 2.45) is 17.6 Å². The predicted octanol–water partition coefficient (Wildman–Crippen LogP) is 3.74. The number of benzene rings is 1. The standard InChI is InChI=1S/C24H39N3O/c1-24(2,3)26-23(28)22-16-19-11-7-8-12-20(19)17-27(22)14-13-21(25)15-18-9-5-4-6-10-18/h4-6,9-10,19-22H,7-8,11-17,25H2,1-3H3,(H,26,28)/t19-,20+,21+,22?/m0/s1. The van der Waals surface area contributed by atoms with Crippen LogP contribution in [-0.4, -0.2) is 41.5 Å². The summed E-state index contributed by atoms with van der Waals surface area (Å²) in [5, 5.41) is 3.23. The molecule has 0 aromatic heterocycles. The van der Waals surface area contributed by atoms with Crippen molar-refractivity contribution in [3.8, 4) is 0 Å². The van der Waals surface area contributed by atoms with Crippen molar-refractivity contribution in [3.05, 3.63) is 35.9 Å². The number of nitrogens with one attached hydrogen (secondary N) is 1. The molecule has 1 amide bonds. The summed E-state index contributed by atoms with van der Waals surface area (Å²) in [4.78, 5) is 15.5. The maximum atomic E-state index is 13.1. The van der Waals surface area contributed by atoms with E-state index in [1.54, 1.807) is 0 Å². The molecule has 156 valence electrons. The van der Waals surface area contributed by atoms with Crippen molar-refractivity contribution in [3.63, 3.8) is 0 Å². The number of fused-ring (bicyclic) bond motifs is 1. The minimum absolute atomic E-state index is 0.00232. The topological polar surface area (TPSA) is 58.4 Å². The molecule has 28 heavy (non-hydrogen) atoms. The van der Waals surface area contributed by atoms with Gasteiger partial charge >= 0.3 is 0 Å². The number of likely N-dealkylation sites (tertiary alicyclic amines) is 1. The molecule has 4 heteroatoms. The van der Waals surface area contributed by atoms with Gasteiger partial charge in [0.1, 0.15) is 0 Å². The number of nitrogens with two attached hydrogens (primary N) is 1. The molecule has 4 atom stereocenters. The van der Waals surface area contributed by atoms with Gasteiger partial charge in [-0.3, -0.25) is 9.69 Å². The van der Waals surface area contributed by atoms with Crippen molar-refractivity contribution in [1.82, 2.24) is 10.2 Å². The number of piperidine rings is 1. The molecule has 0 spiro atoms. The van der Waals surface area contributed by atoms with Crippen LogP contribution in [0.5, 0.6) is 0 Å². The van der Waals surface area contributed by atoms with Gasteiger partial charge < -0.3 is 11.1 Å². The molecule has 2 aliphatic rings. The van der Waals surface area contributed by atoms with Crippen molar-refractivity contribution < 1.29 is 4.79 Å². The average Bonchev–Trinajstić information content (AvgIpc) is 2.65. The average molecular weight is 386 g/mol. The molecule has 1 aromatic rings. The molecule has 1 unspecified atom stereocenters. The van der Waals surface area contributed by atoms with Crippen LogP contribution in [0.3, 0.4) is 0 Å².